The van der Waals surface area contributed by atoms with E-state index in [-0.39, 0.29) is 37.4 Å². The third kappa shape index (κ3) is 3.22. The van der Waals surface area contributed by atoms with Crippen LogP contribution in [0.4, 0.5) is 13.2 Å². The summed E-state index contributed by atoms with van der Waals surface area (Å²) in [4.78, 5) is 13.8. The number of nitrogens with one attached hydrogen (secondary N) is 1. The lowest BCUT2D eigenvalue weighted by Crippen LogP contribution is -2.45. The van der Waals surface area contributed by atoms with Crippen LogP contribution in [0.25, 0.3) is 0 Å². The van der Waals surface area contributed by atoms with Gasteiger partial charge in [-0.1, -0.05) is 0 Å². The Morgan fingerprint density at radius 3 is 2.86 bits per heavy atom. The standard InChI is InChI=1S/C12H16F3N5OS/c13-12(14,15)11-18-17-9-6-19(2-3-20(9)11)10(21)5-8-7-22-4-1-16-8/h8,16H,1-7H2. The molecule has 1 fully saturated rings. The van der Waals surface area contributed by atoms with Crippen LogP contribution in [0.2, 0.25) is 0 Å². The fraction of sp³-hybridized carbons (Fsp3) is 0.750. The third-order valence-corrected chi connectivity index (χ3v) is 4.91. The summed E-state index contributed by atoms with van der Waals surface area (Å²) in [7, 11) is 0. The topological polar surface area (TPSA) is 63.1 Å². The molecule has 0 radical (unpaired) electrons. The minimum Gasteiger partial charge on any atom is -0.333 e. The highest BCUT2D eigenvalue weighted by atomic mass is 32.2. The number of aromatic nitrogens is 3. The molecule has 0 spiro atoms. The van der Waals surface area contributed by atoms with Gasteiger partial charge in [0, 0.05) is 43.6 Å². The van der Waals surface area contributed by atoms with E-state index in [9.17, 15) is 18.0 Å². The number of rotatable bonds is 2. The van der Waals surface area contributed by atoms with Gasteiger partial charge in [0.05, 0.1) is 6.54 Å². The summed E-state index contributed by atoms with van der Waals surface area (Å²) in [5, 5.41) is 10.1. The van der Waals surface area contributed by atoms with Crippen LogP contribution in [-0.2, 0) is 24.1 Å². The Hall–Kier alpha value is -1.29. The van der Waals surface area contributed by atoms with Gasteiger partial charge in [-0.25, -0.2) is 0 Å². The van der Waals surface area contributed by atoms with Gasteiger partial charge in [0.15, 0.2) is 5.82 Å². The Balaban J connectivity index is 1.64. The minimum absolute atomic E-state index is 0.0530. The average molecular weight is 335 g/mol. The van der Waals surface area contributed by atoms with Crippen molar-refractivity contribution in [1.82, 2.24) is 25.0 Å². The first kappa shape index (κ1) is 15.6. The van der Waals surface area contributed by atoms with Gasteiger partial charge in [0.1, 0.15) is 0 Å². The Labute approximate surface area is 129 Å². The molecule has 3 heterocycles. The first-order valence-electron chi connectivity index (χ1n) is 7.03. The van der Waals surface area contributed by atoms with Crippen molar-refractivity contribution >= 4 is 17.7 Å². The summed E-state index contributed by atoms with van der Waals surface area (Å²) < 4.78 is 39.3. The molecule has 1 aromatic heterocycles. The van der Waals surface area contributed by atoms with Crippen LogP contribution < -0.4 is 5.32 Å². The molecule has 2 aliphatic heterocycles. The van der Waals surface area contributed by atoms with Crippen LogP contribution in [0, 0.1) is 0 Å². The van der Waals surface area contributed by atoms with Crippen molar-refractivity contribution in [2.24, 2.45) is 0 Å². The van der Waals surface area contributed by atoms with Crippen LogP contribution in [0.5, 0.6) is 0 Å². The Kier molecular flexibility index (Phi) is 4.31. The van der Waals surface area contributed by atoms with E-state index in [1.807, 2.05) is 0 Å². The van der Waals surface area contributed by atoms with Crippen molar-refractivity contribution in [2.75, 3.05) is 24.6 Å². The van der Waals surface area contributed by atoms with Crippen LogP contribution in [0.15, 0.2) is 0 Å². The number of carbonyl (C=O) groups excluding carboxylic acids is 1. The summed E-state index contributed by atoms with van der Waals surface area (Å²) in [5.41, 5.74) is 0. The van der Waals surface area contributed by atoms with E-state index in [1.165, 1.54) is 0 Å². The zero-order chi connectivity index (χ0) is 15.7. The van der Waals surface area contributed by atoms with Crippen molar-refractivity contribution in [3.63, 3.8) is 0 Å². The molecule has 6 nitrogen and oxygen atoms in total. The zero-order valence-corrected chi connectivity index (χ0v) is 12.6. The number of thioether (sulfide) groups is 1. The van der Waals surface area contributed by atoms with E-state index in [2.05, 4.69) is 15.5 Å². The number of hydrogen-bond acceptors (Lipinski definition) is 5. The second-order valence-electron chi connectivity index (χ2n) is 5.33. The van der Waals surface area contributed by atoms with E-state index < -0.39 is 12.0 Å². The number of carbonyl (C=O) groups is 1. The van der Waals surface area contributed by atoms with Crippen LogP contribution in [0.1, 0.15) is 18.1 Å². The van der Waals surface area contributed by atoms with E-state index in [1.54, 1.807) is 16.7 Å². The van der Waals surface area contributed by atoms with E-state index in [0.717, 1.165) is 22.6 Å². The number of nitrogens with zero attached hydrogens (tertiary/aromatic N) is 4. The molecule has 1 saturated heterocycles. The van der Waals surface area contributed by atoms with Gasteiger partial charge in [-0.15, -0.1) is 10.2 Å². The SMILES string of the molecule is O=C(CC1CSCCN1)N1CCn2c(nnc2C(F)(F)F)C1. The van der Waals surface area contributed by atoms with Crippen LogP contribution >= 0.6 is 11.8 Å². The maximum atomic E-state index is 12.8. The highest BCUT2D eigenvalue weighted by Gasteiger charge is 2.40. The summed E-state index contributed by atoms with van der Waals surface area (Å²) in [5.74, 6) is 1.08. The number of alkyl halides is 3. The molecule has 0 saturated carbocycles. The zero-order valence-electron chi connectivity index (χ0n) is 11.8. The maximum Gasteiger partial charge on any atom is 0.451 e. The summed E-state index contributed by atoms with van der Waals surface area (Å²) in [6.07, 6.45) is -4.14. The van der Waals surface area contributed by atoms with Crippen molar-refractivity contribution in [2.45, 2.75) is 31.7 Å². The maximum absolute atomic E-state index is 12.8. The van der Waals surface area contributed by atoms with E-state index in [4.69, 9.17) is 0 Å². The Bertz CT molecular complexity index is 555. The Morgan fingerprint density at radius 2 is 2.18 bits per heavy atom. The lowest BCUT2D eigenvalue weighted by Gasteiger charge is -2.30. The third-order valence-electron chi connectivity index (χ3n) is 3.78. The quantitative estimate of drug-likeness (QED) is 0.863. The highest BCUT2D eigenvalue weighted by Crippen LogP contribution is 2.29. The van der Waals surface area contributed by atoms with Gasteiger partial charge in [-0.05, 0) is 0 Å². The van der Waals surface area contributed by atoms with Gasteiger partial charge >= 0.3 is 6.18 Å². The lowest BCUT2D eigenvalue weighted by atomic mass is 10.2. The number of hydrogen-bond donors (Lipinski definition) is 1. The minimum atomic E-state index is -4.51. The van der Waals surface area contributed by atoms with Gasteiger partial charge in [-0.3, -0.25) is 4.79 Å². The number of halogens is 3. The molecule has 22 heavy (non-hydrogen) atoms. The fourth-order valence-electron chi connectivity index (χ4n) is 2.67. The predicted octanol–water partition coefficient (Wildman–Crippen LogP) is 0.734. The predicted molar refractivity (Wildman–Crippen MR) is 74.2 cm³/mol. The summed E-state index contributed by atoms with van der Waals surface area (Å²) in [6, 6.07) is 0.136. The second-order valence-corrected chi connectivity index (χ2v) is 6.48. The first-order chi connectivity index (χ1) is 10.4. The van der Waals surface area contributed by atoms with Crippen LogP contribution in [-0.4, -0.2) is 56.2 Å². The van der Waals surface area contributed by atoms with E-state index in [0.29, 0.717) is 6.42 Å². The fourth-order valence-corrected chi connectivity index (χ4v) is 3.62. The van der Waals surface area contributed by atoms with Gasteiger partial charge < -0.3 is 14.8 Å². The summed E-state index contributed by atoms with van der Waals surface area (Å²) >= 11 is 1.80. The smallest absolute Gasteiger partial charge is 0.333 e. The molecule has 0 aliphatic carbocycles. The van der Waals surface area contributed by atoms with Crippen molar-refractivity contribution in [1.29, 1.82) is 0 Å². The molecule has 122 valence electrons. The molecular weight excluding hydrogens is 319 g/mol. The summed E-state index contributed by atoms with van der Waals surface area (Å²) in [6.45, 7) is 1.30. The van der Waals surface area contributed by atoms with Gasteiger partial charge in [0.2, 0.25) is 11.7 Å². The van der Waals surface area contributed by atoms with Gasteiger partial charge in [-0.2, -0.15) is 24.9 Å². The molecular formula is C12H16F3N5OS. The van der Waals surface area contributed by atoms with Crippen LogP contribution in [0.3, 0.4) is 0 Å². The molecule has 1 unspecified atom stereocenters. The average Bonchev–Trinajstić information content (AvgIpc) is 2.91. The second kappa shape index (κ2) is 6.07. The highest BCUT2D eigenvalue weighted by molar-refractivity contribution is 7.99. The van der Waals surface area contributed by atoms with Gasteiger partial charge in [0.25, 0.3) is 0 Å². The normalized spacial score (nSPS) is 22.5. The van der Waals surface area contributed by atoms with Crippen molar-refractivity contribution < 1.29 is 18.0 Å². The first-order valence-corrected chi connectivity index (χ1v) is 8.19. The molecule has 1 atom stereocenters. The Morgan fingerprint density at radius 1 is 1.36 bits per heavy atom. The molecule has 3 rings (SSSR count). The van der Waals surface area contributed by atoms with Crippen molar-refractivity contribution in [3.05, 3.63) is 11.6 Å². The van der Waals surface area contributed by atoms with Crippen molar-refractivity contribution in [3.8, 4) is 0 Å². The lowest BCUT2D eigenvalue weighted by molar-refractivity contribution is -0.148. The number of fused-ring (bicyclic) bond motifs is 1. The molecule has 0 bridgehead atoms. The molecule has 1 amide bonds. The number of amides is 1. The largest absolute Gasteiger partial charge is 0.451 e. The molecule has 1 aromatic rings. The molecule has 2 aliphatic rings. The molecule has 1 N–H and O–H groups in total. The monoisotopic (exact) mass is 335 g/mol. The molecule has 0 aromatic carbocycles. The molecule has 10 heteroatoms. The van der Waals surface area contributed by atoms with E-state index >= 15 is 0 Å².